The highest BCUT2D eigenvalue weighted by Crippen LogP contribution is 2.24. The molecule has 0 fully saturated rings. The lowest BCUT2D eigenvalue weighted by Crippen LogP contribution is -2.48. The van der Waals surface area contributed by atoms with E-state index < -0.39 is 16.1 Å². The number of anilines is 1. The number of carbonyl (C=O) groups is 1. The molecule has 0 aliphatic carbocycles. The minimum absolute atomic E-state index is 0.279. The van der Waals surface area contributed by atoms with Crippen molar-refractivity contribution in [1.29, 1.82) is 0 Å². The number of nitrogens with zero attached hydrogens (tertiary/aromatic N) is 1. The van der Waals surface area contributed by atoms with Crippen molar-refractivity contribution in [2.75, 3.05) is 23.7 Å². The minimum atomic E-state index is -3.64. The topological polar surface area (TPSA) is 75.7 Å². The highest BCUT2D eigenvalue weighted by molar-refractivity contribution is 7.92. The van der Waals surface area contributed by atoms with Gasteiger partial charge in [0.15, 0.2) is 0 Å². The molecule has 0 saturated heterocycles. The SMILES string of the molecule is Cc1cc(C)cc(N(C(C)C(=O)NCCOc2cccc(C)c2C)S(C)(=O)=O)c1. The average Bonchev–Trinajstić information content (AvgIpc) is 2.60. The van der Waals surface area contributed by atoms with Crippen LogP contribution in [0.15, 0.2) is 36.4 Å². The Balaban J connectivity index is 2.05. The number of benzene rings is 2. The van der Waals surface area contributed by atoms with Gasteiger partial charge in [-0.1, -0.05) is 18.2 Å². The van der Waals surface area contributed by atoms with Crippen molar-refractivity contribution in [2.45, 2.75) is 40.7 Å². The van der Waals surface area contributed by atoms with E-state index in [0.29, 0.717) is 12.3 Å². The van der Waals surface area contributed by atoms with E-state index in [2.05, 4.69) is 5.32 Å². The van der Waals surface area contributed by atoms with Crippen LogP contribution in [0.4, 0.5) is 5.69 Å². The lowest BCUT2D eigenvalue weighted by molar-refractivity contribution is -0.121. The Hall–Kier alpha value is -2.54. The predicted octanol–water partition coefficient (Wildman–Crippen LogP) is 3.27. The smallest absolute Gasteiger partial charge is 0.243 e. The Kier molecular flexibility index (Phi) is 7.30. The molecule has 0 aliphatic heterocycles. The van der Waals surface area contributed by atoms with Crippen molar-refractivity contribution < 1.29 is 17.9 Å². The molecule has 0 spiro atoms. The van der Waals surface area contributed by atoms with Crippen LogP contribution in [0.5, 0.6) is 5.75 Å². The van der Waals surface area contributed by atoms with Crippen LogP contribution in [-0.4, -0.2) is 39.8 Å². The third-order valence-electron chi connectivity index (χ3n) is 4.76. The summed E-state index contributed by atoms with van der Waals surface area (Å²) in [4.78, 5) is 12.6. The van der Waals surface area contributed by atoms with Gasteiger partial charge in [0.05, 0.1) is 18.5 Å². The first kappa shape index (κ1) is 22.7. The zero-order valence-electron chi connectivity index (χ0n) is 17.9. The molecule has 1 amide bonds. The van der Waals surface area contributed by atoms with Crippen LogP contribution in [0.1, 0.15) is 29.2 Å². The van der Waals surface area contributed by atoms with Gasteiger partial charge in [0.25, 0.3) is 0 Å². The van der Waals surface area contributed by atoms with Crippen molar-refractivity contribution in [2.24, 2.45) is 0 Å². The molecule has 158 valence electrons. The standard InChI is InChI=1S/C22H30N2O4S/c1-15-12-16(2)14-20(13-15)24(29(6,26)27)19(5)22(25)23-10-11-28-21-9-7-8-17(3)18(21)4/h7-9,12-14,19H,10-11H2,1-6H3,(H,23,25). The second kappa shape index (κ2) is 9.31. The Morgan fingerprint density at radius 1 is 1.10 bits per heavy atom. The quantitative estimate of drug-likeness (QED) is 0.668. The first-order chi connectivity index (χ1) is 13.5. The summed E-state index contributed by atoms with van der Waals surface area (Å²) >= 11 is 0. The van der Waals surface area contributed by atoms with Gasteiger partial charge in [-0.25, -0.2) is 8.42 Å². The molecular formula is C22H30N2O4S. The third kappa shape index (κ3) is 5.97. The number of sulfonamides is 1. The highest BCUT2D eigenvalue weighted by Gasteiger charge is 2.29. The van der Waals surface area contributed by atoms with Gasteiger partial charge in [0, 0.05) is 0 Å². The zero-order valence-corrected chi connectivity index (χ0v) is 18.8. The van der Waals surface area contributed by atoms with Crippen molar-refractivity contribution >= 4 is 21.6 Å². The van der Waals surface area contributed by atoms with Crippen LogP contribution in [-0.2, 0) is 14.8 Å². The van der Waals surface area contributed by atoms with E-state index in [1.807, 2.05) is 52.0 Å². The lowest BCUT2D eigenvalue weighted by atomic mass is 10.1. The van der Waals surface area contributed by atoms with Gasteiger partial charge in [-0.3, -0.25) is 9.10 Å². The van der Waals surface area contributed by atoms with Gasteiger partial charge >= 0.3 is 0 Å². The Morgan fingerprint density at radius 3 is 2.31 bits per heavy atom. The predicted molar refractivity (Wildman–Crippen MR) is 117 cm³/mol. The summed E-state index contributed by atoms with van der Waals surface area (Å²) < 4.78 is 31.7. The summed E-state index contributed by atoms with van der Waals surface area (Å²) in [6.45, 7) is 9.95. The normalized spacial score (nSPS) is 12.3. The molecule has 1 atom stereocenters. The number of aryl methyl sites for hydroxylation is 3. The van der Waals surface area contributed by atoms with Gasteiger partial charge in [-0.05, 0) is 75.1 Å². The van der Waals surface area contributed by atoms with E-state index >= 15 is 0 Å². The number of carbonyl (C=O) groups excluding carboxylic acids is 1. The Bertz CT molecular complexity index is 966. The average molecular weight is 419 g/mol. The molecule has 0 aromatic heterocycles. The summed E-state index contributed by atoms with van der Waals surface area (Å²) in [6.07, 6.45) is 1.11. The molecule has 2 aromatic rings. The van der Waals surface area contributed by atoms with Crippen LogP contribution >= 0.6 is 0 Å². The van der Waals surface area contributed by atoms with E-state index in [1.165, 1.54) is 0 Å². The molecule has 2 aromatic carbocycles. The molecule has 0 radical (unpaired) electrons. The highest BCUT2D eigenvalue weighted by atomic mass is 32.2. The third-order valence-corrected chi connectivity index (χ3v) is 6.00. The van der Waals surface area contributed by atoms with Gasteiger partial charge in [0.2, 0.25) is 15.9 Å². The summed E-state index contributed by atoms with van der Waals surface area (Å²) in [5.74, 6) is 0.402. The molecule has 0 aliphatic rings. The molecule has 1 unspecified atom stereocenters. The van der Waals surface area contributed by atoms with Crippen LogP contribution in [0.2, 0.25) is 0 Å². The number of ether oxygens (including phenoxy) is 1. The summed E-state index contributed by atoms with van der Waals surface area (Å²) in [5.41, 5.74) is 4.55. The zero-order chi connectivity index (χ0) is 21.8. The van der Waals surface area contributed by atoms with Gasteiger partial charge < -0.3 is 10.1 Å². The van der Waals surface area contributed by atoms with Crippen molar-refractivity contribution in [3.05, 3.63) is 58.7 Å². The number of nitrogens with one attached hydrogen (secondary N) is 1. The number of rotatable bonds is 8. The van der Waals surface area contributed by atoms with Crippen LogP contribution in [0, 0.1) is 27.7 Å². The van der Waals surface area contributed by atoms with Gasteiger partial charge in [-0.2, -0.15) is 0 Å². The van der Waals surface area contributed by atoms with Crippen molar-refractivity contribution in [3.63, 3.8) is 0 Å². The fourth-order valence-electron chi connectivity index (χ4n) is 3.25. The molecule has 0 heterocycles. The second-order valence-corrected chi connectivity index (χ2v) is 9.28. The molecule has 1 N–H and O–H groups in total. The molecule has 29 heavy (non-hydrogen) atoms. The maximum Gasteiger partial charge on any atom is 0.243 e. The van der Waals surface area contributed by atoms with Crippen LogP contribution in [0.3, 0.4) is 0 Å². The molecule has 7 heteroatoms. The van der Waals surface area contributed by atoms with E-state index in [0.717, 1.165) is 38.6 Å². The Labute approximate surface area is 173 Å². The lowest BCUT2D eigenvalue weighted by Gasteiger charge is -2.28. The summed E-state index contributed by atoms with van der Waals surface area (Å²) in [5, 5.41) is 2.77. The van der Waals surface area contributed by atoms with E-state index in [1.54, 1.807) is 19.1 Å². The number of amides is 1. The molecular weight excluding hydrogens is 388 g/mol. The van der Waals surface area contributed by atoms with E-state index in [4.69, 9.17) is 4.74 Å². The van der Waals surface area contributed by atoms with E-state index in [9.17, 15) is 13.2 Å². The second-order valence-electron chi connectivity index (χ2n) is 7.42. The molecule has 6 nitrogen and oxygen atoms in total. The first-order valence-electron chi connectivity index (χ1n) is 9.55. The largest absolute Gasteiger partial charge is 0.491 e. The van der Waals surface area contributed by atoms with Gasteiger partial charge in [0.1, 0.15) is 18.4 Å². The monoisotopic (exact) mass is 418 g/mol. The maximum absolute atomic E-state index is 12.6. The summed E-state index contributed by atoms with van der Waals surface area (Å²) in [7, 11) is -3.64. The van der Waals surface area contributed by atoms with Crippen molar-refractivity contribution in [3.8, 4) is 5.75 Å². The fourth-order valence-corrected chi connectivity index (χ4v) is 4.41. The number of hydrogen-bond acceptors (Lipinski definition) is 4. The van der Waals surface area contributed by atoms with E-state index in [-0.39, 0.29) is 12.5 Å². The van der Waals surface area contributed by atoms with Crippen LogP contribution in [0.25, 0.3) is 0 Å². The first-order valence-corrected chi connectivity index (χ1v) is 11.4. The molecule has 0 saturated carbocycles. The fraction of sp³-hybridized carbons (Fsp3) is 0.409. The number of hydrogen-bond donors (Lipinski definition) is 1. The minimum Gasteiger partial charge on any atom is -0.491 e. The maximum atomic E-state index is 12.6. The Morgan fingerprint density at radius 2 is 1.72 bits per heavy atom. The van der Waals surface area contributed by atoms with Crippen LogP contribution < -0.4 is 14.4 Å². The van der Waals surface area contributed by atoms with Crippen molar-refractivity contribution in [1.82, 2.24) is 5.32 Å². The molecule has 2 rings (SSSR count). The van der Waals surface area contributed by atoms with Gasteiger partial charge in [-0.15, -0.1) is 0 Å². The summed E-state index contributed by atoms with van der Waals surface area (Å²) in [6, 6.07) is 10.4. The molecule has 0 bridgehead atoms.